The van der Waals surface area contributed by atoms with E-state index in [-0.39, 0.29) is 31.4 Å². The summed E-state index contributed by atoms with van der Waals surface area (Å²) in [5.41, 5.74) is 10.7. The third-order valence-corrected chi connectivity index (χ3v) is 17.0. The van der Waals surface area contributed by atoms with E-state index in [1.807, 2.05) is 0 Å². The molecule has 0 bridgehead atoms. The Morgan fingerprint density at radius 1 is 0.391 bits per heavy atom. The fourth-order valence-corrected chi connectivity index (χ4v) is 11.6. The molecule has 0 aromatic carbocycles. The van der Waals surface area contributed by atoms with E-state index in [0.29, 0.717) is 106 Å². The van der Waals surface area contributed by atoms with Crippen molar-refractivity contribution in [3.63, 3.8) is 0 Å². The Hall–Kier alpha value is -1.42. The molecule has 514 valence electrons. The van der Waals surface area contributed by atoms with Gasteiger partial charge in [-0.15, -0.1) is 0 Å². The van der Waals surface area contributed by atoms with Crippen molar-refractivity contribution in [3.05, 3.63) is 0 Å². The zero-order valence-electron chi connectivity index (χ0n) is 53.2. The quantitative estimate of drug-likeness (QED) is 0.0264. The predicted molar refractivity (Wildman–Crippen MR) is 330 cm³/mol. The van der Waals surface area contributed by atoms with Crippen LogP contribution in [0.3, 0.4) is 0 Å². The number of nitrogens with one attached hydrogen (secondary N) is 2. The standard InChI is InChI=1S/C38H70N5O13.C24H49N2O3.2Gd/c39-18-22-55-24-25-56-23-19-40-33(44)17-15-13-11-9-7-5-3-1-2-4-6-8-10-12-14-16-32(43(30-37(51)52)31-38(53)54)26-41(27-34(45)46)20-21-42(28-35(47)48)29-36(49)50;1-2-3-4-5-6-7-8-9-10-11-12-13-14-15-16-17-24(27)26-19-21-29-23-22-28-20-18-25;;/h5,32H,1-4,6-31,39H2,(H,40,44)(H,45,46)(H,47,48)(H,49,50)(H,51,52)(H,53,54);11H,2-10,12-23,25H2,1H3,(H,26,27);;. The number of hydrogen-bond acceptors (Lipinski definition) is 16. The monoisotopic (exact) mass is 1530 g/mol. The predicted octanol–water partition coefficient (Wildman–Crippen LogP) is 7.68. The molecule has 3 atom stereocenters. The average Bonchev–Trinajstić information content (AvgIpc) is 3.59. The molecule has 0 saturated carbocycles. The summed E-state index contributed by atoms with van der Waals surface area (Å²) < 4.78 is 22.8. The van der Waals surface area contributed by atoms with Crippen LogP contribution in [0, 0.1) is 75.8 Å². The summed E-state index contributed by atoms with van der Waals surface area (Å²) in [5, 5.41) is 52.6. The van der Waals surface area contributed by atoms with E-state index in [1.165, 1.54) is 119 Å². The molecule has 3 unspecified atom stereocenters. The normalized spacial score (nSPS) is 12.5. The molecule has 25 heteroatoms. The summed E-state index contributed by atoms with van der Waals surface area (Å²) in [6.45, 7) is 5.85. The summed E-state index contributed by atoms with van der Waals surface area (Å²) in [7, 11) is 0. The number of carbonyl (C=O) groups excluding carboxylic acids is 2. The maximum absolute atomic E-state index is 12.0. The van der Waals surface area contributed by atoms with E-state index in [9.17, 15) is 48.9 Å². The van der Waals surface area contributed by atoms with E-state index < -0.39 is 68.6 Å². The Morgan fingerprint density at radius 2 is 0.690 bits per heavy atom. The molecule has 11 N–H and O–H groups in total. The minimum absolute atomic E-state index is 0.00994. The van der Waals surface area contributed by atoms with Crippen LogP contribution in [0.25, 0.3) is 0 Å². The van der Waals surface area contributed by atoms with Gasteiger partial charge in [-0.1, -0.05) is 0 Å². The van der Waals surface area contributed by atoms with Gasteiger partial charge in [0.2, 0.25) is 0 Å². The van der Waals surface area contributed by atoms with Crippen LogP contribution in [0.15, 0.2) is 0 Å². The molecule has 0 saturated heterocycles. The van der Waals surface area contributed by atoms with Crippen LogP contribution in [-0.2, 0) is 52.5 Å². The second-order valence-corrected chi connectivity index (χ2v) is 26.1. The van der Waals surface area contributed by atoms with Crippen molar-refractivity contribution in [1.29, 1.82) is 0 Å². The summed E-state index contributed by atoms with van der Waals surface area (Å²) in [5.74, 6) is -5.89. The fourth-order valence-electron chi connectivity index (χ4n) is 9.75. The molecule has 0 aromatic rings. The molecule has 0 radical (unpaired) electrons. The first kappa shape index (κ1) is 87.6. The molecule has 0 heterocycles. The van der Waals surface area contributed by atoms with Gasteiger partial charge in [-0.05, 0) is 0 Å². The van der Waals surface area contributed by atoms with Crippen LogP contribution in [0.4, 0.5) is 0 Å². The van der Waals surface area contributed by atoms with E-state index in [0.717, 1.165) is 70.8 Å². The molecule has 0 fully saturated rings. The molecule has 0 spiro atoms. The van der Waals surface area contributed by atoms with Crippen LogP contribution in [0.2, 0.25) is 3.40 Å². The fraction of sp³-hybridized carbons (Fsp3) is 0.887. The van der Waals surface area contributed by atoms with Gasteiger partial charge in [-0.2, -0.15) is 0 Å². The molecule has 0 aliphatic heterocycles. The number of carbonyl (C=O) groups is 7. The number of amides is 2. The third-order valence-electron chi connectivity index (χ3n) is 14.4. The number of nitrogens with two attached hydrogens (primary N) is 2. The van der Waals surface area contributed by atoms with Crippen LogP contribution in [0.5, 0.6) is 0 Å². The van der Waals surface area contributed by atoms with E-state index in [2.05, 4.69) is 93.4 Å². The van der Waals surface area contributed by atoms with Gasteiger partial charge in [0.05, 0.1) is 72.4 Å². The minimum atomic E-state index is -1.24. The maximum atomic E-state index is 12.0. The second-order valence-electron chi connectivity index (χ2n) is 22.4. The molecule has 87 heavy (non-hydrogen) atoms. The van der Waals surface area contributed by atoms with E-state index in [4.69, 9.17) is 40.6 Å². The molecule has 0 rings (SSSR count). The number of unbranched alkanes of at least 4 members (excludes halogenated alkanes) is 20. The third kappa shape index (κ3) is 67.3. The Labute approximate surface area is 573 Å². The first-order chi connectivity index (χ1) is 41.9. The SMILES string of the molecule is CCCCCCCCCC[CH]([Gd])CCCCCCC(=O)NCCOCCOCCN.NCCOCCOCCNC(=O)CCCCCC[CH]([Gd])CCCCCCCCCCC(CN(CCN(CC(=O)O)CC(=O)O)CC(=O)O)N(CC(=O)O)CC(=O)O. The summed E-state index contributed by atoms with van der Waals surface area (Å²) in [6.07, 6.45) is 35.2. The van der Waals surface area contributed by atoms with Crippen LogP contribution in [-0.4, -0.2) is 219 Å². The number of carboxylic acid groups (broad SMARTS) is 5. The first-order valence-electron chi connectivity index (χ1n) is 32.7. The van der Waals surface area contributed by atoms with Crippen molar-refractivity contribution in [2.45, 2.75) is 215 Å². The van der Waals surface area contributed by atoms with Gasteiger partial charge >= 0.3 is 389 Å². The summed E-state index contributed by atoms with van der Waals surface area (Å²) in [6, 6.07) is -0.604. The van der Waals surface area contributed by atoms with Gasteiger partial charge < -0.3 is 46.5 Å². The first-order valence-corrected chi connectivity index (χ1v) is 35.3. The number of carboxylic acids is 5. The Bertz CT molecular complexity index is 1650. The van der Waals surface area contributed by atoms with Gasteiger partial charge in [-0.25, -0.2) is 0 Å². The zero-order chi connectivity index (χ0) is 64.8. The summed E-state index contributed by atoms with van der Waals surface area (Å²) >= 11 is 4.27. The van der Waals surface area contributed by atoms with Crippen LogP contribution >= 0.6 is 0 Å². The molecule has 0 aromatic heterocycles. The van der Waals surface area contributed by atoms with Gasteiger partial charge in [0.25, 0.3) is 0 Å². The minimum Gasteiger partial charge on any atom is -0.480 e. The van der Waals surface area contributed by atoms with Crippen molar-refractivity contribution in [1.82, 2.24) is 25.3 Å². The molecule has 2 amide bonds. The molecule has 23 nitrogen and oxygen atoms in total. The Balaban J connectivity index is 0. The second kappa shape index (κ2) is 66.0. The van der Waals surface area contributed by atoms with Gasteiger partial charge in [0, 0.05) is 32.7 Å². The molecular formula is C62H119Gd2N7O16. The van der Waals surface area contributed by atoms with Crippen molar-refractivity contribution in [3.8, 4) is 0 Å². The smallest absolute Gasteiger partial charge is 0.480 e. The van der Waals surface area contributed by atoms with Crippen molar-refractivity contribution in [2.24, 2.45) is 11.5 Å². The topological polar surface area (TPSA) is 343 Å². The van der Waals surface area contributed by atoms with Gasteiger partial charge in [0.1, 0.15) is 0 Å². The van der Waals surface area contributed by atoms with Crippen molar-refractivity contribution >= 4 is 41.7 Å². The Kier molecular flexibility index (Phi) is 66.5. The molecular weight excluding hydrogens is 1410 g/mol. The van der Waals surface area contributed by atoms with Crippen molar-refractivity contribution < 1.29 is 154 Å². The number of ether oxygens (including phenoxy) is 4. The average molecular weight is 1530 g/mol. The van der Waals surface area contributed by atoms with Crippen LogP contribution < -0.4 is 22.1 Å². The molecule has 0 aliphatic carbocycles. The van der Waals surface area contributed by atoms with Gasteiger partial charge in [-0.3, -0.25) is 38.7 Å². The number of nitrogens with zero attached hydrogens (tertiary/aromatic N) is 3. The number of rotatable bonds is 66. The number of aliphatic carboxylic acids is 5. The van der Waals surface area contributed by atoms with Crippen molar-refractivity contribution in [2.75, 3.05) is 131 Å². The van der Waals surface area contributed by atoms with Crippen LogP contribution in [0.1, 0.15) is 206 Å². The zero-order valence-corrected chi connectivity index (χ0v) is 57.8. The van der Waals surface area contributed by atoms with E-state index >= 15 is 0 Å². The van der Waals surface area contributed by atoms with Gasteiger partial charge in [0.15, 0.2) is 0 Å². The molecule has 0 aliphatic rings. The van der Waals surface area contributed by atoms with E-state index in [1.54, 1.807) is 0 Å². The Morgan fingerprint density at radius 3 is 1.03 bits per heavy atom. The summed E-state index contributed by atoms with van der Waals surface area (Å²) in [4.78, 5) is 85.0. The number of hydrogen-bond donors (Lipinski definition) is 9.